The van der Waals surface area contributed by atoms with Crippen molar-refractivity contribution in [1.82, 2.24) is 9.13 Å². The van der Waals surface area contributed by atoms with E-state index in [2.05, 4.69) is 165 Å². The van der Waals surface area contributed by atoms with E-state index in [1.807, 2.05) is 98.8 Å². The van der Waals surface area contributed by atoms with Gasteiger partial charge in [-0.3, -0.25) is 0 Å². The van der Waals surface area contributed by atoms with Gasteiger partial charge in [0.2, 0.25) is 0 Å². The van der Waals surface area contributed by atoms with Gasteiger partial charge >= 0.3 is 0 Å². The first-order valence-electron chi connectivity index (χ1n) is 31.0. The average Bonchev–Trinajstić information content (AvgIpc) is 1.62. The fraction of sp³-hybridized carbons (Fsp3) is 0.259. The van der Waals surface area contributed by atoms with E-state index in [9.17, 15) is 10.2 Å². The van der Waals surface area contributed by atoms with Crippen LogP contribution in [0.15, 0.2) is 194 Å². The van der Waals surface area contributed by atoms with Gasteiger partial charge in [-0.05, 0) is 189 Å². The van der Waals surface area contributed by atoms with Crippen LogP contribution in [-0.2, 0) is 21.7 Å². The molecule has 0 aliphatic carbocycles. The molecule has 0 amide bonds. The zero-order chi connectivity index (χ0) is 63.2. The highest BCUT2D eigenvalue weighted by atomic mass is 19.1. The minimum atomic E-state index is -0.723. The molecule has 8 heteroatoms. The summed E-state index contributed by atoms with van der Waals surface area (Å²) < 4.78 is 50.9. The van der Waals surface area contributed by atoms with E-state index in [0.717, 1.165) is 65.9 Å². The topological polar surface area (TPSA) is 68.8 Å². The number of halogens is 2. The molecule has 89 heavy (non-hydrogen) atoms. The van der Waals surface area contributed by atoms with Gasteiger partial charge in [-0.25, -0.2) is 8.78 Å². The molecule has 0 fully saturated rings. The molecule has 0 spiro atoms. The minimum Gasteiger partial charge on any atom is -0.505 e. The Labute approximate surface area is 522 Å². The van der Waals surface area contributed by atoms with Crippen molar-refractivity contribution >= 4 is 43.6 Å². The molecule has 10 aromatic carbocycles. The Balaban J connectivity index is 0.963. The Morgan fingerprint density at radius 3 is 0.955 bits per heavy atom. The van der Waals surface area contributed by atoms with Gasteiger partial charge in [0.1, 0.15) is 46.8 Å². The molecule has 12 aromatic rings. The van der Waals surface area contributed by atoms with E-state index in [-0.39, 0.29) is 39.6 Å². The summed E-state index contributed by atoms with van der Waals surface area (Å²) in [5.41, 5.74) is 14.2. The predicted molar refractivity (Wildman–Crippen MR) is 364 cm³/mol. The van der Waals surface area contributed by atoms with Crippen LogP contribution in [-0.4, -0.2) is 19.3 Å². The minimum absolute atomic E-state index is 0.0275. The third-order valence-corrected chi connectivity index (χ3v) is 17.7. The van der Waals surface area contributed by atoms with Crippen LogP contribution < -0.4 is 9.47 Å². The second-order valence-corrected chi connectivity index (χ2v) is 28.5. The first-order valence-corrected chi connectivity index (χ1v) is 31.0. The molecule has 2 aromatic heterocycles. The molecule has 0 aliphatic heterocycles. The van der Waals surface area contributed by atoms with Crippen molar-refractivity contribution in [3.63, 3.8) is 0 Å². The number of aromatic nitrogens is 2. The zero-order valence-corrected chi connectivity index (χ0v) is 53.7. The average molecular weight is 1180 g/mol. The summed E-state index contributed by atoms with van der Waals surface area (Å²) in [6.45, 7) is 30.6. The Morgan fingerprint density at radius 2 is 0.663 bits per heavy atom. The number of phenolic OH excluding ortho intramolecular Hbond substituents is 2. The lowest BCUT2D eigenvalue weighted by Crippen LogP contribution is -2.17. The van der Waals surface area contributed by atoms with Crippen molar-refractivity contribution in [3.05, 3.63) is 250 Å². The highest BCUT2D eigenvalue weighted by Crippen LogP contribution is 2.49. The van der Waals surface area contributed by atoms with Crippen molar-refractivity contribution in [1.29, 1.82) is 0 Å². The molecule has 12 rings (SSSR count). The monoisotopic (exact) mass is 1180 g/mol. The van der Waals surface area contributed by atoms with Crippen LogP contribution in [0.1, 0.15) is 146 Å². The van der Waals surface area contributed by atoms with Gasteiger partial charge in [-0.2, -0.15) is 0 Å². The fourth-order valence-electron chi connectivity index (χ4n) is 12.7. The van der Waals surface area contributed by atoms with Gasteiger partial charge in [0.15, 0.2) is 0 Å². The normalized spacial score (nSPS) is 13.2. The lowest BCUT2D eigenvalue weighted by atomic mass is 9.85. The Hall–Kier alpha value is -9.14. The van der Waals surface area contributed by atoms with E-state index < -0.39 is 23.8 Å². The molecule has 2 heterocycles. The molecule has 0 bridgehead atoms. The van der Waals surface area contributed by atoms with Crippen molar-refractivity contribution in [3.8, 4) is 56.6 Å². The van der Waals surface area contributed by atoms with Gasteiger partial charge in [0.25, 0.3) is 0 Å². The molecule has 0 unspecified atom stereocenters. The van der Waals surface area contributed by atoms with Crippen molar-refractivity contribution in [2.75, 3.05) is 0 Å². The number of aromatic hydroxyl groups is 2. The molecule has 2 N–H and O–H groups in total. The number of hydrogen-bond acceptors (Lipinski definition) is 4. The summed E-state index contributed by atoms with van der Waals surface area (Å²) in [5.74, 6) is -0.348. The van der Waals surface area contributed by atoms with Crippen molar-refractivity contribution in [2.24, 2.45) is 0 Å². The van der Waals surface area contributed by atoms with Crippen molar-refractivity contribution < 1.29 is 28.5 Å². The summed E-state index contributed by atoms with van der Waals surface area (Å²) in [4.78, 5) is 0. The Kier molecular flexibility index (Phi) is 15.2. The van der Waals surface area contributed by atoms with E-state index in [1.54, 1.807) is 12.1 Å². The third kappa shape index (κ3) is 11.5. The van der Waals surface area contributed by atoms with Crippen LogP contribution in [0, 0.1) is 25.5 Å². The van der Waals surface area contributed by atoms with E-state index in [0.29, 0.717) is 45.1 Å². The van der Waals surface area contributed by atoms with Gasteiger partial charge in [0.05, 0.1) is 33.4 Å². The van der Waals surface area contributed by atoms with Gasteiger partial charge in [-0.15, -0.1) is 0 Å². The number of phenols is 2. The maximum absolute atomic E-state index is 16.1. The molecule has 0 aliphatic rings. The smallest absolute Gasteiger partial charge is 0.147 e. The van der Waals surface area contributed by atoms with E-state index in [4.69, 9.17) is 9.47 Å². The number of ether oxygens (including phenoxy) is 2. The van der Waals surface area contributed by atoms with Crippen LogP contribution in [0.3, 0.4) is 0 Å². The maximum atomic E-state index is 16.1. The summed E-state index contributed by atoms with van der Waals surface area (Å²) in [5, 5.41) is 30.1. The molecule has 0 saturated heterocycles. The number of benzene rings is 10. The second-order valence-electron chi connectivity index (χ2n) is 28.5. The van der Waals surface area contributed by atoms with Crippen LogP contribution in [0.2, 0.25) is 0 Å². The highest BCUT2D eigenvalue weighted by molar-refractivity contribution is 6.11. The van der Waals surface area contributed by atoms with Gasteiger partial charge in [0, 0.05) is 50.2 Å². The van der Waals surface area contributed by atoms with E-state index in [1.165, 1.54) is 46.5 Å². The van der Waals surface area contributed by atoms with Crippen LogP contribution in [0.5, 0.6) is 23.0 Å². The number of nitrogens with zero attached hydrogens (tertiary/aromatic N) is 2. The highest BCUT2D eigenvalue weighted by Gasteiger charge is 2.30. The Bertz CT molecular complexity index is 4260. The molecule has 6 nitrogen and oxygen atoms in total. The fourth-order valence-corrected chi connectivity index (χ4v) is 12.7. The molecular weight excluding hydrogens is 1100 g/mol. The van der Waals surface area contributed by atoms with Crippen LogP contribution in [0.25, 0.3) is 77.2 Å². The Morgan fingerprint density at radius 1 is 0.360 bits per heavy atom. The molecule has 452 valence electrons. The lowest BCUT2D eigenvalue weighted by Gasteiger charge is -2.28. The summed E-state index contributed by atoms with van der Waals surface area (Å²) in [7, 11) is 0. The maximum Gasteiger partial charge on any atom is 0.147 e. The quantitative estimate of drug-likeness (QED) is 0.128. The van der Waals surface area contributed by atoms with Crippen LogP contribution in [0.4, 0.5) is 8.78 Å². The first kappa shape index (κ1) is 60.2. The largest absolute Gasteiger partial charge is 0.505 e. The first-order chi connectivity index (χ1) is 42.1. The number of rotatable bonds is 12. The summed E-state index contributed by atoms with van der Waals surface area (Å²) >= 11 is 0. The molecule has 0 saturated carbocycles. The van der Waals surface area contributed by atoms with Gasteiger partial charge in [-0.1, -0.05) is 168 Å². The molecule has 0 radical (unpaired) electrons. The number of hydrogen-bond donors (Lipinski definition) is 2. The number of aryl methyl sites for hydroxylation is 2. The number of fused-ring (bicyclic) bond motifs is 6. The zero-order valence-electron chi connectivity index (χ0n) is 53.7. The lowest BCUT2D eigenvalue weighted by molar-refractivity contribution is 0.111. The van der Waals surface area contributed by atoms with Crippen LogP contribution >= 0.6 is 0 Å². The third-order valence-electron chi connectivity index (χ3n) is 17.7. The van der Waals surface area contributed by atoms with E-state index >= 15 is 8.78 Å². The molecule has 2 atom stereocenters. The second kappa shape index (κ2) is 22.5. The SMILES string of the molecule is Cc1cc(-c2cc(F)ccc2O[C@@H](C[C@@H](Oc2ccc(F)cc2-c2cc(C)cc(-n3c4ccc(C(C)(C)C)cc4c4cc(C(C)(C)C)ccc43)c2O)c2ccccc2)c2ccccc2)c(O)c(-n2c3ccc(C(C)(C)C)cc3c3cc(C(C)(C)C)ccc32)c1. The van der Waals surface area contributed by atoms with Crippen molar-refractivity contribution in [2.45, 2.75) is 137 Å². The predicted octanol–water partition coefficient (Wildman–Crippen LogP) is 22.0. The summed E-state index contributed by atoms with van der Waals surface area (Å²) in [6, 6.07) is 62.7. The standard InChI is InChI=1S/C81H80F2N2O4/c1-48-37-64(76(86)70(39-48)84-66-31-25-52(78(3,4)5)41-58(66)59-42-53(79(6,7)8)26-32-67(59)84)62-45-56(82)29-35-72(62)88-74(50-21-17-15-18-22-50)47-75(51-23-19-16-20-24-51)89-73-36-30-57(83)46-63(73)65-38-49(2)40-71(77(65)87)85-68-33-27-54(80(9,10)11)43-60(68)61-44-55(81(12,13)14)28-34-69(61)85/h15-46,74-75,86-87H,47H2,1-14H3/t74-,75+. The van der Waals surface area contributed by atoms with Gasteiger partial charge < -0.3 is 28.8 Å². The summed E-state index contributed by atoms with van der Waals surface area (Å²) in [6.07, 6.45) is -1.22. The molecular formula is C81H80F2N2O4.